The van der Waals surface area contributed by atoms with Gasteiger partial charge in [0, 0.05) is 12.5 Å². The van der Waals surface area contributed by atoms with Gasteiger partial charge in [0.15, 0.2) is 0 Å². The van der Waals surface area contributed by atoms with E-state index in [1.807, 2.05) is 12.1 Å². The summed E-state index contributed by atoms with van der Waals surface area (Å²) < 4.78 is 10.4. The molecule has 0 aliphatic heterocycles. The number of carbonyl (C=O) groups is 1. The Bertz CT molecular complexity index is 704. The molecule has 1 amide bonds. The van der Waals surface area contributed by atoms with Crippen LogP contribution >= 0.6 is 23.2 Å². The molecule has 0 atom stereocenters. The van der Waals surface area contributed by atoms with E-state index in [2.05, 4.69) is 5.32 Å². The maximum Gasteiger partial charge on any atom is 0.224 e. The Hall–Kier alpha value is -1.91. The van der Waals surface area contributed by atoms with Crippen LogP contribution in [0.2, 0.25) is 10.0 Å². The molecule has 0 aliphatic rings. The van der Waals surface area contributed by atoms with Crippen molar-refractivity contribution in [3.05, 3.63) is 52.0 Å². The molecule has 0 heterocycles. The highest BCUT2D eigenvalue weighted by atomic mass is 35.5. The van der Waals surface area contributed by atoms with E-state index in [-0.39, 0.29) is 12.3 Å². The molecular weight excluding hydrogens is 337 g/mol. The largest absolute Gasteiger partial charge is 0.497 e. The molecular formula is C17H17Cl2NO3. The number of anilines is 1. The van der Waals surface area contributed by atoms with Crippen molar-refractivity contribution >= 4 is 34.8 Å². The van der Waals surface area contributed by atoms with Crippen LogP contribution in [0.5, 0.6) is 11.5 Å². The van der Waals surface area contributed by atoms with Crippen LogP contribution in [-0.2, 0) is 11.2 Å². The molecule has 1 N–H and O–H groups in total. The average Bonchev–Trinajstić information content (AvgIpc) is 2.56. The molecule has 0 aromatic heterocycles. The van der Waals surface area contributed by atoms with Crippen molar-refractivity contribution in [2.45, 2.75) is 12.8 Å². The van der Waals surface area contributed by atoms with Crippen molar-refractivity contribution in [1.82, 2.24) is 0 Å². The first kappa shape index (κ1) is 17.4. The highest BCUT2D eigenvalue weighted by molar-refractivity contribution is 6.42. The zero-order valence-electron chi connectivity index (χ0n) is 12.9. The number of methoxy groups -OCH3 is 2. The molecule has 2 rings (SSSR count). The van der Waals surface area contributed by atoms with E-state index in [9.17, 15) is 4.79 Å². The zero-order valence-corrected chi connectivity index (χ0v) is 14.4. The summed E-state index contributed by atoms with van der Waals surface area (Å²) in [5.74, 6) is 1.06. The maximum absolute atomic E-state index is 12.1. The molecule has 0 unspecified atom stereocenters. The monoisotopic (exact) mass is 353 g/mol. The SMILES string of the molecule is COc1ccc(NC(=O)CCc2cccc(Cl)c2Cl)c(OC)c1. The standard InChI is InChI=1S/C17H17Cl2NO3/c1-22-12-7-8-14(15(10-12)23-2)20-16(21)9-6-11-4-3-5-13(18)17(11)19/h3-5,7-8,10H,6,9H2,1-2H3,(H,20,21). The van der Waals surface area contributed by atoms with Gasteiger partial charge in [0.2, 0.25) is 5.91 Å². The summed E-state index contributed by atoms with van der Waals surface area (Å²) in [5, 5.41) is 3.80. The Labute approximate surface area is 145 Å². The molecule has 0 saturated carbocycles. The van der Waals surface area contributed by atoms with Crippen molar-refractivity contribution in [2.24, 2.45) is 0 Å². The van der Waals surface area contributed by atoms with Crippen LogP contribution in [0.3, 0.4) is 0 Å². The van der Waals surface area contributed by atoms with Crippen molar-refractivity contribution in [2.75, 3.05) is 19.5 Å². The maximum atomic E-state index is 12.1. The number of hydrogen-bond donors (Lipinski definition) is 1. The summed E-state index contributed by atoms with van der Waals surface area (Å²) in [7, 11) is 3.11. The molecule has 0 radical (unpaired) electrons. The van der Waals surface area contributed by atoms with E-state index in [1.54, 1.807) is 31.4 Å². The number of aryl methyl sites for hydroxylation is 1. The lowest BCUT2D eigenvalue weighted by Gasteiger charge is -2.12. The van der Waals surface area contributed by atoms with Gasteiger partial charge in [0.25, 0.3) is 0 Å². The second-order valence-electron chi connectivity index (χ2n) is 4.83. The first-order valence-corrected chi connectivity index (χ1v) is 7.75. The van der Waals surface area contributed by atoms with Crippen LogP contribution < -0.4 is 14.8 Å². The first-order chi connectivity index (χ1) is 11.0. The molecule has 2 aromatic rings. The van der Waals surface area contributed by atoms with Gasteiger partial charge in [-0.25, -0.2) is 0 Å². The molecule has 0 saturated heterocycles. The molecule has 2 aromatic carbocycles. The summed E-state index contributed by atoms with van der Waals surface area (Å²) in [6.07, 6.45) is 0.791. The number of amides is 1. The van der Waals surface area contributed by atoms with Gasteiger partial charge in [-0.3, -0.25) is 4.79 Å². The number of ether oxygens (including phenoxy) is 2. The molecule has 122 valence electrons. The predicted octanol–water partition coefficient (Wildman–Crippen LogP) is 4.58. The minimum atomic E-state index is -0.135. The smallest absolute Gasteiger partial charge is 0.224 e. The summed E-state index contributed by atoms with van der Waals surface area (Å²) in [5.41, 5.74) is 1.44. The molecule has 0 bridgehead atoms. The molecule has 23 heavy (non-hydrogen) atoms. The summed E-state index contributed by atoms with van der Waals surface area (Å²) in [6.45, 7) is 0. The van der Waals surface area contributed by atoms with Crippen LogP contribution in [0, 0.1) is 0 Å². The highest BCUT2D eigenvalue weighted by Crippen LogP contribution is 2.30. The fourth-order valence-corrected chi connectivity index (χ4v) is 2.52. The summed E-state index contributed by atoms with van der Waals surface area (Å²) in [4.78, 5) is 12.1. The molecule has 0 aliphatic carbocycles. The Morgan fingerprint density at radius 2 is 1.91 bits per heavy atom. The normalized spacial score (nSPS) is 10.3. The van der Waals surface area contributed by atoms with Gasteiger partial charge >= 0.3 is 0 Å². The van der Waals surface area contributed by atoms with Crippen molar-refractivity contribution in [3.8, 4) is 11.5 Å². The number of benzene rings is 2. The average molecular weight is 354 g/mol. The van der Waals surface area contributed by atoms with E-state index >= 15 is 0 Å². The van der Waals surface area contributed by atoms with Crippen LogP contribution in [0.25, 0.3) is 0 Å². The van der Waals surface area contributed by atoms with Crippen LogP contribution in [0.15, 0.2) is 36.4 Å². The van der Waals surface area contributed by atoms with Gasteiger partial charge in [-0.1, -0.05) is 35.3 Å². The second kappa shape index (κ2) is 8.09. The van der Waals surface area contributed by atoms with Crippen molar-refractivity contribution in [1.29, 1.82) is 0 Å². The fraction of sp³-hybridized carbons (Fsp3) is 0.235. The minimum absolute atomic E-state index is 0.135. The second-order valence-corrected chi connectivity index (χ2v) is 5.61. The zero-order chi connectivity index (χ0) is 16.8. The Balaban J connectivity index is 2.01. The van der Waals surface area contributed by atoms with Gasteiger partial charge in [-0.2, -0.15) is 0 Å². The molecule has 6 heteroatoms. The fourth-order valence-electron chi connectivity index (χ4n) is 2.10. The van der Waals surface area contributed by atoms with Gasteiger partial charge in [0.05, 0.1) is 30.0 Å². The Morgan fingerprint density at radius 3 is 2.61 bits per heavy atom. The van der Waals surface area contributed by atoms with Crippen LogP contribution in [0.1, 0.15) is 12.0 Å². The summed E-state index contributed by atoms with van der Waals surface area (Å²) in [6, 6.07) is 10.6. The van der Waals surface area contributed by atoms with Gasteiger partial charge < -0.3 is 14.8 Å². The van der Waals surface area contributed by atoms with Gasteiger partial charge in [-0.15, -0.1) is 0 Å². The number of halogens is 2. The van der Waals surface area contributed by atoms with Crippen molar-refractivity contribution < 1.29 is 14.3 Å². The number of hydrogen-bond acceptors (Lipinski definition) is 3. The molecule has 0 spiro atoms. The minimum Gasteiger partial charge on any atom is -0.497 e. The highest BCUT2D eigenvalue weighted by Gasteiger charge is 2.11. The third-order valence-corrected chi connectivity index (χ3v) is 4.19. The number of rotatable bonds is 6. The third kappa shape index (κ3) is 4.53. The quantitative estimate of drug-likeness (QED) is 0.826. The van der Waals surface area contributed by atoms with E-state index in [1.165, 1.54) is 7.11 Å². The first-order valence-electron chi connectivity index (χ1n) is 7.00. The van der Waals surface area contributed by atoms with E-state index in [4.69, 9.17) is 32.7 Å². The van der Waals surface area contributed by atoms with Crippen LogP contribution in [0.4, 0.5) is 5.69 Å². The van der Waals surface area contributed by atoms with Gasteiger partial charge in [0.1, 0.15) is 11.5 Å². The van der Waals surface area contributed by atoms with E-state index in [0.717, 1.165) is 5.56 Å². The number of nitrogens with one attached hydrogen (secondary N) is 1. The lowest BCUT2D eigenvalue weighted by Crippen LogP contribution is -2.13. The predicted molar refractivity (Wildman–Crippen MR) is 93.0 cm³/mol. The molecule has 0 fully saturated rings. The molecule has 4 nitrogen and oxygen atoms in total. The summed E-state index contributed by atoms with van der Waals surface area (Å²) >= 11 is 12.1. The van der Waals surface area contributed by atoms with Gasteiger partial charge in [-0.05, 0) is 30.2 Å². The number of carbonyl (C=O) groups excluding carboxylic acids is 1. The lowest BCUT2D eigenvalue weighted by molar-refractivity contribution is -0.116. The third-order valence-electron chi connectivity index (χ3n) is 3.34. The van der Waals surface area contributed by atoms with Crippen LogP contribution in [-0.4, -0.2) is 20.1 Å². The van der Waals surface area contributed by atoms with Crippen molar-refractivity contribution in [3.63, 3.8) is 0 Å². The van der Waals surface area contributed by atoms with E-state index in [0.29, 0.717) is 33.7 Å². The van der Waals surface area contributed by atoms with E-state index < -0.39 is 0 Å². The Morgan fingerprint density at radius 1 is 1.13 bits per heavy atom. The topological polar surface area (TPSA) is 47.6 Å². The Kier molecular flexibility index (Phi) is 6.13. The lowest BCUT2D eigenvalue weighted by atomic mass is 10.1.